The standard InChI is InChI=1S/C18H27N3O2/c1-13-8-6-7-11-15(13)16(21-18(19)23)12-17(22)20-14-9-4-2-3-5-10-14/h6-8,11,14,16H,2-5,9-10,12H2,1H3,(H,20,22)(H3,19,21,23)/t16-/m1/s1. The Kier molecular flexibility index (Phi) is 6.44. The van der Waals surface area contributed by atoms with Crippen LogP contribution < -0.4 is 16.4 Å². The van der Waals surface area contributed by atoms with E-state index in [0.29, 0.717) is 0 Å². The Bertz CT molecular complexity index is 537. The maximum Gasteiger partial charge on any atom is 0.312 e. The van der Waals surface area contributed by atoms with E-state index in [1.54, 1.807) is 0 Å². The first-order valence-electron chi connectivity index (χ1n) is 8.47. The Morgan fingerprint density at radius 3 is 2.43 bits per heavy atom. The summed E-state index contributed by atoms with van der Waals surface area (Å²) >= 11 is 0. The molecule has 5 heteroatoms. The molecule has 0 radical (unpaired) electrons. The summed E-state index contributed by atoms with van der Waals surface area (Å²) in [5, 5.41) is 5.82. The zero-order valence-corrected chi connectivity index (χ0v) is 13.8. The second kappa shape index (κ2) is 8.56. The molecule has 126 valence electrons. The summed E-state index contributed by atoms with van der Waals surface area (Å²) in [4.78, 5) is 23.7. The molecular formula is C18H27N3O2. The van der Waals surface area contributed by atoms with Crippen molar-refractivity contribution in [2.45, 2.75) is 64.0 Å². The zero-order chi connectivity index (χ0) is 16.7. The van der Waals surface area contributed by atoms with Crippen LogP contribution in [0.5, 0.6) is 0 Å². The van der Waals surface area contributed by atoms with Crippen LogP contribution in [0.25, 0.3) is 0 Å². The Hall–Kier alpha value is -2.04. The number of hydrogen-bond acceptors (Lipinski definition) is 2. The second-order valence-electron chi connectivity index (χ2n) is 6.38. The van der Waals surface area contributed by atoms with Crippen molar-refractivity contribution >= 4 is 11.9 Å². The lowest BCUT2D eigenvalue weighted by atomic mass is 9.98. The predicted molar refractivity (Wildman–Crippen MR) is 90.9 cm³/mol. The quantitative estimate of drug-likeness (QED) is 0.729. The molecule has 0 unspecified atom stereocenters. The van der Waals surface area contributed by atoms with Crippen LogP contribution in [0.15, 0.2) is 24.3 Å². The van der Waals surface area contributed by atoms with Crippen LogP contribution in [0.2, 0.25) is 0 Å². The van der Waals surface area contributed by atoms with Crippen LogP contribution in [0.4, 0.5) is 4.79 Å². The van der Waals surface area contributed by atoms with Crippen molar-refractivity contribution in [1.82, 2.24) is 10.6 Å². The highest BCUT2D eigenvalue weighted by Crippen LogP contribution is 2.22. The minimum absolute atomic E-state index is 0.0288. The van der Waals surface area contributed by atoms with Gasteiger partial charge in [-0.3, -0.25) is 4.79 Å². The van der Waals surface area contributed by atoms with Crippen molar-refractivity contribution in [3.63, 3.8) is 0 Å². The van der Waals surface area contributed by atoms with Crippen molar-refractivity contribution in [2.75, 3.05) is 0 Å². The Labute approximate surface area is 138 Å². The van der Waals surface area contributed by atoms with Gasteiger partial charge in [0, 0.05) is 6.04 Å². The van der Waals surface area contributed by atoms with Crippen LogP contribution in [0, 0.1) is 6.92 Å². The van der Waals surface area contributed by atoms with Crippen molar-refractivity contribution < 1.29 is 9.59 Å². The van der Waals surface area contributed by atoms with E-state index in [2.05, 4.69) is 10.6 Å². The molecule has 0 aliphatic heterocycles. The molecule has 1 aromatic rings. The van der Waals surface area contributed by atoms with E-state index in [1.165, 1.54) is 25.7 Å². The lowest BCUT2D eigenvalue weighted by molar-refractivity contribution is -0.122. The average molecular weight is 317 g/mol. The molecule has 0 aromatic heterocycles. The van der Waals surface area contributed by atoms with E-state index in [9.17, 15) is 9.59 Å². The predicted octanol–water partition coefficient (Wildman–Crippen LogP) is 2.93. The highest BCUT2D eigenvalue weighted by atomic mass is 16.2. The largest absolute Gasteiger partial charge is 0.353 e. The topological polar surface area (TPSA) is 84.2 Å². The van der Waals surface area contributed by atoms with E-state index in [-0.39, 0.29) is 24.4 Å². The van der Waals surface area contributed by atoms with Gasteiger partial charge in [-0.15, -0.1) is 0 Å². The first kappa shape index (κ1) is 17.3. The Morgan fingerprint density at radius 2 is 1.83 bits per heavy atom. The Balaban J connectivity index is 2.00. The third-order valence-corrected chi connectivity index (χ3v) is 4.49. The summed E-state index contributed by atoms with van der Waals surface area (Å²) in [6.45, 7) is 1.97. The number of aryl methyl sites for hydroxylation is 1. The summed E-state index contributed by atoms with van der Waals surface area (Å²) < 4.78 is 0. The lowest BCUT2D eigenvalue weighted by Crippen LogP contribution is -2.39. The number of hydrogen-bond donors (Lipinski definition) is 3. The molecule has 1 atom stereocenters. The number of benzene rings is 1. The number of carbonyl (C=O) groups is 2. The molecule has 0 saturated heterocycles. The van der Waals surface area contributed by atoms with Crippen molar-refractivity contribution in [1.29, 1.82) is 0 Å². The molecule has 0 bridgehead atoms. The molecule has 5 nitrogen and oxygen atoms in total. The molecule has 3 amide bonds. The van der Waals surface area contributed by atoms with Gasteiger partial charge in [0.25, 0.3) is 0 Å². The molecule has 23 heavy (non-hydrogen) atoms. The molecule has 1 fully saturated rings. The Morgan fingerprint density at radius 1 is 1.17 bits per heavy atom. The highest BCUT2D eigenvalue weighted by Gasteiger charge is 2.21. The molecular weight excluding hydrogens is 290 g/mol. The molecule has 1 aliphatic carbocycles. The molecule has 1 saturated carbocycles. The van der Waals surface area contributed by atoms with Gasteiger partial charge < -0.3 is 16.4 Å². The maximum absolute atomic E-state index is 12.4. The minimum atomic E-state index is -0.611. The van der Waals surface area contributed by atoms with Gasteiger partial charge in [-0.05, 0) is 30.9 Å². The van der Waals surface area contributed by atoms with Gasteiger partial charge in [0.05, 0.1) is 12.5 Å². The van der Waals surface area contributed by atoms with E-state index in [4.69, 9.17) is 5.73 Å². The summed E-state index contributed by atoms with van der Waals surface area (Å²) in [6.07, 6.45) is 7.15. The fraction of sp³-hybridized carbons (Fsp3) is 0.556. The van der Waals surface area contributed by atoms with Crippen molar-refractivity contribution in [3.8, 4) is 0 Å². The third kappa shape index (κ3) is 5.58. The number of amides is 3. The van der Waals surface area contributed by atoms with E-state index in [0.717, 1.165) is 24.0 Å². The smallest absolute Gasteiger partial charge is 0.312 e. The molecule has 2 rings (SSSR count). The van der Waals surface area contributed by atoms with Gasteiger partial charge in [0.1, 0.15) is 0 Å². The number of nitrogens with two attached hydrogens (primary N) is 1. The van der Waals surface area contributed by atoms with Gasteiger partial charge in [-0.2, -0.15) is 0 Å². The number of primary amides is 1. The fourth-order valence-electron chi connectivity index (χ4n) is 3.28. The minimum Gasteiger partial charge on any atom is -0.353 e. The van der Waals surface area contributed by atoms with E-state index in [1.807, 2.05) is 31.2 Å². The SMILES string of the molecule is Cc1ccccc1[C@@H](CC(=O)NC1CCCCCC1)NC(N)=O. The number of rotatable bonds is 5. The van der Waals surface area contributed by atoms with Gasteiger partial charge in [-0.1, -0.05) is 49.9 Å². The van der Waals surface area contributed by atoms with Gasteiger partial charge >= 0.3 is 6.03 Å². The second-order valence-corrected chi connectivity index (χ2v) is 6.38. The van der Waals surface area contributed by atoms with Crippen LogP contribution in [-0.4, -0.2) is 18.0 Å². The monoisotopic (exact) mass is 317 g/mol. The summed E-state index contributed by atoms with van der Waals surface area (Å²) in [7, 11) is 0. The molecule has 4 N–H and O–H groups in total. The number of urea groups is 1. The average Bonchev–Trinajstić information content (AvgIpc) is 2.75. The highest BCUT2D eigenvalue weighted by molar-refractivity contribution is 5.79. The summed E-state index contributed by atoms with van der Waals surface area (Å²) in [6, 6.07) is 6.99. The number of nitrogens with one attached hydrogen (secondary N) is 2. The molecule has 1 aromatic carbocycles. The van der Waals surface area contributed by atoms with Crippen molar-refractivity contribution in [2.24, 2.45) is 5.73 Å². The molecule has 0 spiro atoms. The van der Waals surface area contributed by atoms with Crippen LogP contribution in [0.1, 0.15) is 62.1 Å². The first-order valence-corrected chi connectivity index (χ1v) is 8.47. The normalized spacial score (nSPS) is 17.1. The van der Waals surface area contributed by atoms with E-state index < -0.39 is 6.03 Å². The van der Waals surface area contributed by atoms with Gasteiger partial charge in [0.2, 0.25) is 5.91 Å². The van der Waals surface area contributed by atoms with Crippen LogP contribution in [0.3, 0.4) is 0 Å². The van der Waals surface area contributed by atoms with Crippen LogP contribution >= 0.6 is 0 Å². The third-order valence-electron chi connectivity index (χ3n) is 4.49. The fourth-order valence-corrected chi connectivity index (χ4v) is 3.28. The van der Waals surface area contributed by atoms with Crippen LogP contribution in [-0.2, 0) is 4.79 Å². The lowest BCUT2D eigenvalue weighted by Gasteiger charge is -2.22. The maximum atomic E-state index is 12.4. The van der Waals surface area contributed by atoms with Gasteiger partial charge in [0.15, 0.2) is 0 Å². The van der Waals surface area contributed by atoms with E-state index >= 15 is 0 Å². The molecule has 0 heterocycles. The first-order chi connectivity index (χ1) is 11.1. The number of carbonyl (C=O) groups excluding carboxylic acids is 2. The summed E-state index contributed by atoms with van der Waals surface area (Å²) in [5.41, 5.74) is 7.25. The zero-order valence-electron chi connectivity index (χ0n) is 13.8. The van der Waals surface area contributed by atoms with Gasteiger partial charge in [-0.25, -0.2) is 4.79 Å². The van der Waals surface area contributed by atoms with Crippen molar-refractivity contribution in [3.05, 3.63) is 35.4 Å². The summed E-state index contributed by atoms with van der Waals surface area (Å²) in [5.74, 6) is -0.0288. The molecule has 1 aliphatic rings.